The van der Waals surface area contributed by atoms with E-state index in [2.05, 4.69) is 25.2 Å². The summed E-state index contributed by atoms with van der Waals surface area (Å²) >= 11 is 0. The van der Waals surface area contributed by atoms with Gasteiger partial charge in [0.15, 0.2) is 0 Å². The minimum atomic E-state index is -0.367. The van der Waals surface area contributed by atoms with E-state index in [4.69, 9.17) is 11.5 Å². The first kappa shape index (κ1) is 27.9. The molecule has 0 unspecified atom stereocenters. The molecule has 0 aliphatic rings. The summed E-state index contributed by atoms with van der Waals surface area (Å²) in [6.45, 7) is 3.97. The fraction of sp³-hybridized carbons (Fsp3) is 0.226. The topological polar surface area (TPSA) is 148 Å². The van der Waals surface area contributed by atoms with Crippen LogP contribution in [-0.2, 0) is 6.54 Å². The average molecular weight is 551 g/mol. The minimum absolute atomic E-state index is 0.218. The molecule has 1 amide bonds. The number of hydrogen-bond acceptors (Lipinski definition) is 7. The maximum Gasteiger partial charge on any atom is 0.354 e. The van der Waals surface area contributed by atoms with Gasteiger partial charge in [0.1, 0.15) is 5.65 Å². The van der Waals surface area contributed by atoms with E-state index in [1.165, 1.54) is 0 Å². The maximum atomic E-state index is 12.9. The van der Waals surface area contributed by atoms with E-state index in [0.717, 1.165) is 60.4 Å². The predicted molar refractivity (Wildman–Crippen MR) is 162 cm³/mol. The highest BCUT2D eigenvalue weighted by Crippen LogP contribution is 2.24. The Hall–Kier alpha value is -4.64. The van der Waals surface area contributed by atoms with Gasteiger partial charge in [0.05, 0.1) is 17.6 Å². The summed E-state index contributed by atoms with van der Waals surface area (Å²) in [5, 5.41) is 3.63. The number of carbonyl (C=O) groups is 1. The van der Waals surface area contributed by atoms with Crippen molar-refractivity contribution in [3.8, 4) is 16.9 Å². The van der Waals surface area contributed by atoms with Crippen molar-refractivity contribution in [1.29, 1.82) is 0 Å². The van der Waals surface area contributed by atoms with E-state index < -0.39 is 0 Å². The first-order chi connectivity index (χ1) is 20.0. The summed E-state index contributed by atoms with van der Waals surface area (Å²) in [5.74, 6) is -0.218. The third-order valence-electron chi connectivity index (χ3n) is 6.86. The van der Waals surface area contributed by atoms with E-state index >= 15 is 0 Å². The zero-order valence-electron chi connectivity index (χ0n) is 22.8. The molecule has 0 atom stereocenters. The van der Waals surface area contributed by atoms with Crippen molar-refractivity contribution in [1.82, 2.24) is 24.4 Å². The highest BCUT2D eigenvalue weighted by atomic mass is 16.2. The number of aromatic nitrogens is 4. The van der Waals surface area contributed by atoms with Gasteiger partial charge in [-0.1, -0.05) is 24.3 Å². The number of nitrogens with zero attached hydrogens (tertiary/aromatic N) is 4. The van der Waals surface area contributed by atoms with Gasteiger partial charge in [-0.2, -0.15) is 4.98 Å². The fourth-order valence-corrected chi connectivity index (χ4v) is 4.70. The van der Waals surface area contributed by atoms with Crippen molar-refractivity contribution in [2.24, 2.45) is 11.5 Å². The van der Waals surface area contributed by atoms with Crippen LogP contribution < -0.4 is 22.5 Å². The summed E-state index contributed by atoms with van der Waals surface area (Å²) < 4.78 is 1.55. The number of nitrogens with two attached hydrogens (primary N) is 2. The van der Waals surface area contributed by atoms with Gasteiger partial charge in [-0.3, -0.25) is 19.2 Å². The summed E-state index contributed by atoms with van der Waals surface area (Å²) in [4.78, 5) is 39.3. The van der Waals surface area contributed by atoms with Gasteiger partial charge in [-0.25, -0.2) is 4.79 Å². The number of carbonyl (C=O) groups excluding carboxylic acids is 1. The normalized spacial score (nSPS) is 11.3. The molecular formula is C31H34N8O2. The Morgan fingerprint density at radius 3 is 2.37 bits per heavy atom. The van der Waals surface area contributed by atoms with Crippen LogP contribution in [0.1, 0.15) is 28.8 Å². The molecule has 41 heavy (non-hydrogen) atoms. The first-order valence-electron chi connectivity index (χ1n) is 13.7. The Bertz CT molecular complexity index is 1640. The van der Waals surface area contributed by atoms with Crippen molar-refractivity contribution in [2.75, 3.05) is 31.5 Å². The van der Waals surface area contributed by atoms with Crippen LogP contribution in [0.25, 0.3) is 28.0 Å². The average Bonchev–Trinajstić information content (AvgIpc) is 3.42. The molecule has 0 aliphatic heterocycles. The number of amides is 1. The van der Waals surface area contributed by atoms with E-state index in [1.807, 2.05) is 42.5 Å². The van der Waals surface area contributed by atoms with Crippen molar-refractivity contribution >= 4 is 22.6 Å². The molecule has 0 bridgehead atoms. The van der Waals surface area contributed by atoms with E-state index in [0.29, 0.717) is 30.0 Å². The summed E-state index contributed by atoms with van der Waals surface area (Å²) in [5.41, 5.74) is 16.3. The van der Waals surface area contributed by atoms with Crippen LogP contribution in [0.5, 0.6) is 0 Å². The second-order valence-electron chi connectivity index (χ2n) is 9.88. The maximum absolute atomic E-state index is 12.9. The molecule has 3 heterocycles. The molecular weight excluding hydrogens is 516 g/mol. The van der Waals surface area contributed by atoms with Gasteiger partial charge in [0.2, 0.25) is 0 Å². The predicted octanol–water partition coefficient (Wildman–Crippen LogP) is 3.53. The molecule has 5 aromatic rings. The number of anilines is 1. The SMILES string of the molecule is NCCCN(CCCN)Cc1ccc(-n2cc3cc(-c4ccc(C(=O)Nc5cccnc5)cc4)[nH]c3nc2=O)cc1. The zero-order chi connectivity index (χ0) is 28.6. The molecule has 10 heteroatoms. The van der Waals surface area contributed by atoms with Gasteiger partial charge >= 0.3 is 5.69 Å². The monoisotopic (exact) mass is 550 g/mol. The summed E-state index contributed by atoms with van der Waals surface area (Å²) in [7, 11) is 0. The Balaban J connectivity index is 1.31. The standard InChI is InChI=1S/C31H34N8O2/c32-13-2-16-38(17-3-14-33)20-22-5-11-27(12-6-22)39-21-25-18-28(36-29(25)37-31(39)41)23-7-9-24(10-8-23)30(40)35-26-4-1-15-34-19-26/h1,4-12,15,18-19,21H,2-3,13-14,16-17,20,32-33H2,(H,35,40)(H,36,37,41). The first-order valence-corrected chi connectivity index (χ1v) is 13.7. The van der Waals surface area contributed by atoms with Gasteiger partial charge < -0.3 is 21.8 Å². The Morgan fingerprint density at radius 1 is 0.976 bits per heavy atom. The largest absolute Gasteiger partial charge is 0.354 e. The number of benzene rings is 2. The number of H-pyrrole nitrogens is 1. The molecule has 6 N–H and O–H groups in total. The molecule has 5 rings (SSSR count). The Morgan fingerprint density at radius 2 is 1.71 bits per heavy atom. The Kier molecular flexibility index (Phi) is 8.95. The van der Waals surface area contributed by atoms with Gasteiger partial charge in [0.25, 0.3) is 5.91 Å². The molecule has 0 saturated carbocycles. The highest BCUT2D eigenvalue weighted by Gasteiger charge is 2.12. The lowest BCUT2D eigenvalue weighted by Crippen LogP contribution is -2.28. The number of pyridine rings is 1. The lowest BCUT2D eigenvalue weighted by atomic mass is 10.1. The number of nitrogens with one attached hydrogen (secondary N) is 2. The van der Waals surface area contributed by atoms with Crippen LogP contribution in [0, 0.1) is 0 Å². The van der Waals surface area contributed by atoms with Crippen LogP contribution in [-0.4, -0.2) is 56.5 Å². The van der Waals surface area contributed by atoms with E-state index in [9.17, 15) is 9.59 Å². The molecule has 0 saturated heterocycles. The third-order valence-corrected chi connectivity index (χ3v) is 6.86. The van der Waals surface area contributed by atoms with Gasteiger partial charge in [-0.15, -0.1) is 0 Å². The van der Waals surface area contributed by atoms with Crippen molar-refractivity contribution in [3.63, 3.8) is 0 Å². The zero-order valence-corrected chi connectivity index (χ0v) is 22.8. The van der Waals surface area contributed by atoms with Crippen LogP contribution in [0.4, 0.5) is 5.69 Å². The molecule has 2 aromatic carbocycles. The van der Waals surface area contributed by atoms with Crippen molar-refractivity contribution in [2.45, 2.75) is 19.4 Å². The number of rotatable bonds is 12. The van der Waals surface area contributed by atoms with E-state index in [1.54, 1.807) is 47.4 Å². The second kappa shape index (κ2) is 13.1. The van der Waals surface area contributed by atoms with Crippen LogP contribution in [0.15, 0.2) is 90.1 Å². The Labute approximate surface area is 238 Å². The molecule has 210 valence electrons. The molecule has 0 spiro atoms. The van der Waals surface area contributed by atoms with Gasteiger partial charge in [-0.05, 0) is 92.6 Å². The second-order valence-corrected chi connectivity index (χ2v) is 9.88. The molecule has 10 nitrogen and oxygen atoms in total. The van der Waals surface area contributed by atoms with Crippen LogP contribution >= 0.6 is 0 Å². The molecule has 3 aromatic heterocycles. The number of fused-ring (bicyclic) bond motifs is 1. The van der Waals surface area contributed by atoms with E-state index in [-0.39, 0.29) is 11.6 Å². The summed E-state index contributed by atoms with van der Waals surface area (Å²) in [6, 6.07) is 20.7. The summed E-state index contributed by atoms with van der Waals surface area (Å²) in [6.07, 6.45) is 6.92. The quantitative estimate of drug-likeness (QED) is 0.186. The molecule has 0 fully saturated rings. The minimum Gasteiger partial charge on any atom is -0.339 e. The fourth-order valence-electron chi connectivity index (χ4n) is 4.70. The molecule has 0 aliphatic carbocycles. The number of hydrogen-bond donors (Lipinski definition) is 4. The molecule has 0 radical (unpaired) electrons. The lowest BCUT2D eigenvalue weighted by molar-refractivity contribution is 0.102. The smallest absolute Gasteiger partial charge is 0.339 e. The van der Waals surface area contributed by atoms with Crippen LogP contribution in [0.3, 0.4) is 0 Å². The van der Waals surface area contributed by atoms with Crippen molar-refractivity contribution in [3.05, 3.63) is 107 Å². The van der Waals surface area contributed by atoms with Crippen molar-refractivity contribution < 1.29 is 4.79 Å². The lowest BCUT2D eigenvalue weighted by Gasteiger charge is -2.22. The number of aromatic amines is 1. The van der Waals surface area contributed by atoms with Crippen LogP contribution in [0.2, 0.25) is 0 Å². The highest BCUT2D eigenvalue weighted by molar-refractivity contribution is 6.04. The third kappa shape index (κ3) is 6.93. The van der Waals surface area contributed by atoms with Gasteiger partial charge in [0, 0.05) is 35.6 Å².